The van der Waals surface area contributed by atoms with Gasteiger partial charge in [-0.05, 0) is 43.7 Å². The summed E-state index contributed by atoms with van der Waals surface area (Å²) in [6.45, 7) is 3.68. The van der Waals surface area contributed by atoms with Crippen LogP contribution in [0.25, 0.3) is 10.9 Å². The quantitative estimate of drug-likeness (QED) is 0.805. The number of nitrogens with one attached hydrogen (secondary N) is 1. The number of fused-ring (bicyclic) bond motifs is 1. The fourth-order valence-corrected chi connectivity index (χ4v) is 2.54. The second kappa shape index (κ2) is 6.23. The first kappa shape index (κ1) is 15.9. The highest BCUT2D eigenvalue weighted by molar-refractivity contribution is 5.91. The van der Waals surface area contributed by atoms with E-state index in [1.807, 2.05) is 32.0 Å². The number of aromatic nitrogens is 2. The number of hydrogen-bond acceptors (Lipinski definition) is 3. The molecular formula is C18H16FN3O2. The van der Waals surface area contributed by atoms with Crippen LogP contribution < -0.4 is 10.9 Å². The fourth-order valence-electron chi connectivity index (χ4n) is 2.54. The van der Waals surface area contributed by atoms with Crippen LogP contribution in [0.3, 0.4) is 0 Å². The molecule has 0 fully saturated rings. The van der Waals surface area contributed by atoms with E-state index in [1.165, 1.54) is 23.0 Å². The smallest absolute Gasteiger partial charge is 0.261 e. The summed E-state index contributed by atoms with van der Waals surface area (Å²) < 4.78 is 14.5. The van der Waals surface area contributed by atoms with E-state index < -0.39 is 11.4 Å². The predicted molar refractivity (Wildman–Crippen MR) is 90.5 cm³/mol. The minimum atomic E-state index is -0.515. The predicted octanol–water partition coefficient (Wildman–Crippen LogP) is 2.79. The fraction of sp³-hybridized carbons (Fsp3) is 0.167. The summed E-state index contributed by atoms with van der Waals surface area (Å²) in [4.78, 5) is 28.6. The molecule has 1 heterocycles. The number of benzene rings is 2. The molecule has 3 rings (SSSR count). The normalized spacial score (nSPS) is 10.8. The summed E-state index contributed by atoms with van der Waals surface area (Å²) >= 11 is 0. The zero-order valence-corrected chi connectivity index (χ0v) is 13.3. The topological polar surface area (TPSA) is 64.0 Å². The second-order valence-corrected chi connectivity index (χ2v) is 5.71. The highest BCUT2D eigenvalue weighted by Gasteiger charge is 2.10. The third-order valence-corrected chi connectivity index (χ3v) is 3.76. The lowest BCUT2D eigenvalue weighted by Gasteiger charge is -2.10. The molecule has 0 saturated heterocycles. The van der Waals surface area contributed by atoms with E-state index in [2.05, 4.69) is 10.3 Å². The molecule has 122 valence electrons. The molecule has 0 aliphatic heterocycles. The number of rotatable bonds is 3. The maximum atomic E-state index is 13.3. The molecule has 0 radical (unpaired) electrons. The van der Waals surface area contributed by atoms with Crippen molar-refractivity contribution in [1.29, 1.82) is 0 Å². The molecule has 1 amide bonds. The lowest BCUT2D eigenvalue weighted by molar-refractivity contribution is -0.116. The monoisotopic (exact) mass is 325 g/mol. The van der Waals surface area contributed by atoms with Gasteiger partial charge < -0.3 is 5.32 Å². The van der Waals surface area contributed by atoms with Crippen molar-refractivity contribution in [2.45, 2.75) is 20.4 Å². The average Bonchev–Trinajstić information content (AvgIpc) is 2.53. The van der Waals surface area contributed by atoms with Gasteiger partial charge >= 0.3 is 0 Å². The number of carbonyl (C=O) groups excluding carboxylic acids is 1. The summed E-state index contributed by atoms with van der Waals surface area (Å²) in [7, 11) is 0. The van der Waals surface area contributed by atoms with Gasteiger partial charge in [0.25, 0.3) is 5.56 Å². The molecule has 0 unspecified atom stereocenters. The minimum Gasteiger partial charge on any atom is -0.324 e. The highest BCUT2D eigenvalue weighted by atomic mass is 19.1. The van der Waals surface area contributed by atoms with Crippen LogP contribution in [0.4, 0.5) is 10.1 Å². The summed E-state index contributed by atoms with van der Waals surface area (Å²) in [6, 6.07) is 9.48. The van der Waals surface area contributed by atoms with Crippen LogP contribution >= 0.6 is 0 Å². The van der Waals surface area contributed by atoms with Crippen LogP contribution in [0.5, 0.6) is 0 Å². The average molecular weight is 325 g/mol. The molecule has 5 nitrogen and oxygen atoms in total. The van der Waals surface area contributed by atoms with Crippen LogP contribution in [0, 0.1) is 19.7 Å². The number of halogens is 1. The Kier molecular flexibility index (Phi) is 4.12. The summed E-state index contributed by atoms with van der Waals surface area (Å²) in [5.41, 5.74) is 2.68. The van der Waals surface area contributed by atoms with E-state index in [1.54, 1.807) is 0 Å². The van der Waals surface area contributed by atoms with Gasteiger partial charge in [0.1, 0.15) is 12.4 Å². The van der Waals surface area contributed by atoms with Crippen molar-refractivity contribution in [3.63, 3.8) is 0 Å². The molecule has 0 spiro atoms. The maximum absolute atomic E-state index is 13.3. The van der Waals surface area contributed by atoms with E-state index in [9.17, 15) is 14.0 Å². The van der Waals surface area contributed by atoms with Crippen molar-refractivity contribution in [3.8, 4) is 0 Å². The molecule has 0 aliphatic carbocycles. The number of carbonyl (C=O) groups is 1. The maximum Gasteiger partial charge on any atom is 0.261 e. The van der Waals surface area contributed by atoms with Crippen LogP contribution in [0.1, 0.15) is 11.1 Å². The van der Waals surface area contributed by atoms with E-state index in [-0.39, 0.29) is 17.8 Å². The van der Waals surface area contributed by atoms with Crippen molar-refractivity contribution in [2.24, 2.45) is 0 Å². The third kappa shape index (κ3) is 3.17. The Labute approximate surface area is 137 Å². The van der Waals surface area contributed by atoms with Crippen molar-refractivity contribution < 1.29 is 9.18 Å². The Morgan fingerprint density at radius 3 is 2.75 bits per heavy atom. The van der Waals surface area contributed by atoms with Crippen molar-refractivity contribution in [2.75, 3.05) is 5.32 Å². The zero-order chi connectivity index (χ0) is 17.3. The van der Waals surface area contributed by atoms with E-state index >= 15 is 0 Å². The molecule has 1 aromatic heterocycles. The van der Waals surface area contributed by atoms with E-state index in [0.29, 0.717) is 11.2 Å². The molecule has 3 aromatic rings. The van der Waals surface area contributed by atoms with Gasteiger partial charge in [-0.25, -0.2) is 9.37 Å². The zero-order valence-electron chi connectivity index (χ0n) is 13.3. The van der Waals surface area contributed by atoms with Gasteiger partial charge in [-0.1, -0.05) is 17.7 Å². The molecule has 0 aliphatic rings. The van der Waals surface area contributed by atoms with Crippen LogP contribution in [-0.4, -0.2) is 15.5 Å². The van der Waals surface area contributed by atoms with Crippen molar-refractivity contribution in [3.05, 3.63) is 70.0 Å². The van der Waals surface area contributed by atoms with Crippen molar-refractivity contribution in [1.82, 2.24) is 9.55 Å². The highest BCUT2D eigenvalue weighted by Crippen LogP contribution is 2.16. The number of hydrogen-bond donors (Lipinski definition) is 1. The van der Waals surface area contributed by atoms with Gasteiger partial charge in [0, 0.05) is 5.69 Å². The Morgan fingerprint density at radius 1 is 1.21 bits per heavy atom. The summed E-state index contributed by atoms with van der Waals surface area (Å²) in [6.07, 6.45) is 1.30. The number of amides is 1. The summed E-state index contributed by atoms with van der Waals surface area (Å²) in [5.74, 6) is -0.861. The molecular weight excluding hydrogens is 309 g/mol. The largest absolute Gasteiger partial charge is 0.324 e. The van der Waals surface area contributed by atoms with Crippen LogP contribution in [0.2, 0.25) is 0 Å². The van der Waals surface area contributed by atoms with Gasteiger partial charge in [0.15, 0.2) is 0 Å². The lowest BCUT2D eigenvalue weighted by Crippen LogP contribution is -2.28. The van der Waals surface area contributed by atoms with Gasteiger partial charge in [-0.2, -0.15) is 0 Å². The SMILES string of the molecule is Cc1ccc(NC(=O)Cn2cnc3ccc(F)cc3c2=O)c(C)c1. The number of anilines is 1. The first-order valence-corrected chi connectivity index (χ1v) is 7.46. The molecule has 24 heavy (non-hydrogen) atoms. The molecule has 6 heteroatoms. The summed E-state index contributed by atoms with van der Waals surface area (Å²) in [5, 5.41) is 2.92. The van der Waals surface area contributed by atoms with Crippen molar-refractivity contribution >= 4 is 22.5 Å². The van der Waals surface area contributed by atoms with Gasteiger partial charge in [0.05, 0.1) is 17.2 Å². The van der Waals surface area contributed by atoms with Crippen LogP contribution in [-0.2, 0) is 11.3 Å². The lowest BCUT2D eigenvalue weighted by atomic mass is 10.1. The molecule has 0 saturated carbocycles. The van der Waals surface area contributed by atoms with Gasteiger partial charge in [-0.3, -0.25) is 14.2 Å². The van der Waals surface area contributed by atoms with Gasteiger partial charge in [-0.15, -0.1) is 0 Å². The van der Waals surface area contributed by atoms with E-state index in [4.69, 9.17) is 0 Å². The molecule has 0 bridgehead atoms. The second-order valence-electron chi connectivity index (χ2n) is 5.71. The van der Waals surface area contributed by atoms with Gasteiger partial charge in [0.2, 0.25) is 5.91 Å². The van der Waals surface area contributed by atoms with Crippen LogP contribution in [0.15, 0.2) is 47.5 Å². The first-order valence-electron chi connectivity index (χ1n) is 7.46. The molecule has 1 N–H and O–H groups in total. The first-order chi connectivity index (χ1) is 11.4. The van der Waals surface area contributed by atoms with E-state index in [0.717, 1.165) is 17.2 Å². The Hall–Kier alpha value is -3.02. The molecule has 2 aromatic carbocycles. The Balaban J connectivity index is 1.85. The minimum absolute atomic E-state index is 0.150. The Bertz CT molecular complexity index is 995. The number of aryl methyl sites for hydroxylation is 2. The standard InChI is InChI=1S/C18H16FN3O2/c1-11-3-5-15(12(2)7-11)21-17(23)9-22-10-20-16-6-4-13(19)8-14(16)18(22)24/h3-8,10H,9H2,1-2H3,(H,21,23). The third-order valence-electron chi connectivity index (χ3n) is 3.76. The molecule has 0 atom stereocenters. The number of nitrogens with zero attached hydrogens (tertiary/aromatic N) is 2. The Morgan fingerprint density at radius 2 is 2.00 bits per heavy atom.